The Morgan fingerprint density at radius 2 is 1.71 bits per heavy atom. The molecular weight excluding hydrogens is 483 g/mol. The van der Waals surface area contributed by atoms with Crippen molar-refractivity contribution in [2.24, 2.45) is 0 Å². The molecule has 0 saturated heterocycles. The lowest BCUT2D eigenvalue weighted by molar-refractivity contribution is -0.121. The minimum absolute atomic E-state index is 0.0279. The molecule has 0 saturated carbocycles. The monoisotopic (exact) mass is 506 g/mol. The number of sulfonamides is 1. The van der Waals surface area contributed by atoms with Gasteiger partial charge in [0.05, 0.1) is 17.5 Å². The van der Waals surface area contributed by atoms with Crippen LogP contribution >= 0.6 is 34.8 Å². The van der Waals surface area contributed by atoms with Gasteiger partial charge in [0.15, 0.2) is 0 Å². The zero-order valence-corrected chi connectivity index (χ0v) is 20.4. The highest BCUT2D eigenvalue weighted by Crippen LogP contribution is 2.25. The molecule has 0 heterocycles. The van der Waals surface area contributed by atoms with E-state index in [1.54, 1.807) is 12.1 Å². The Kier molecular flexibility index (Phi) is 10.1. The Balaban J connectivity index is 2.17. The number of amides is 1. The van der Waals surface area contributed by atoms with Gasteiger partial charge in [0.25, 0.3) is 0 Å². The summed E-state index contributed by atoms with van der Waals surface area (Å²) >= 11 is 18.1. The molecule has 6 nitrogen and oxygen atoms in total. The number of ether oxygens (including phenoxy) is 1. The molecule has 2 rings (SSSR count). The number of halogens is 3. The Bertz CT molecular complexity index is 983. The number of carbonyl (C=O) groups excluding carboxylic acids is 1. The van der Waals surface area contributed by atoms with Crippen LogP contribution in [0.3, 0.4) is 0 Å². The minimum Gasteiger partial charge on any atom is -0.379 e. The number of benzene rings is 2. The van der Waals surface area contributed by atoms with E-state index >= 15 is 0 Å². The Labute approximate surface area is 198 Å². The summed E-state index contributed by atoms with van der Waals surface area (Å²) in [6.45, 7) is 4.28. The maximum absolute atomic E-state index is 13.2. The molecule has 170 valence electrons. The topological polar surface area (TPSA) is 75.7 Å². The van der Waals surface area contributed by atoms with E-state index in [1.807, 2.05) is 13.8 Å². The lowest BCUT2D eigenvalue weighted by Crippen LogP contribution is -2.40. The fourth-order valence-electron chi connectivity index (χ4n) is 2.66. The van der Waals surface area contributed by atoms with Crippen LogP contribution in [0, 0.1) is 0 Å². The number of hydrogen-bond acceptors (Lipinski definition) is 4. The van der Waals surface area contributed by atoms with Crippen LogP contribution in [-0.4, -0.2) is 44.4 Å². The molecule has 0 spiro atoms. The summed E-state index contributed by atoms with van der Waals surface area (Å²) in [4.78, 5) is 12.5. The van der Waals surface area contributed by atoms with Crippen molar-refractivity contribution in [3.8, 4) is 0 Å². The Morgan fingerprint density at radius 3 is 2.32 bits per heavy atom. The summed E-state index contributed by atoms with van der Waals surface area (Å²) in [5, 5.41) is 3.89. The van der Waals surface area contributed by atoms with E-state index < -0.39 is 15.9 Å². The molecule has 0 aliphatic carbocycles. The number of rotatable bonds is 11. The van der Waals surface area contributed by atoms with Crippen molar-refractivity contribution in [2.75, 3.05) is 19.7 Å². The van der Waals surface area contributed by atoms with Crippen LogP contribution in [0.2, 0.25) is 15.1 Å². The second-order valence-corrected chi connectivity index (χ2v) is 10.3. The summed E-state index contributed by atoms with van der Waals surface area (Å²) in [5.41, 5.74) is 0.529. The fraction of sp³-hybridized carbons (Fsp3) is 0.381. The molecule has 10 heteroatoms. The predicted molar refractivity (Wildman–Crippen MR) is 124 cm³/mol. The van der Waals surface area contributed by atoms with Gasteiger partial charge in [-0.2, -0.15) is 4.31 Å². The molecule has 31 heavy (non-hydrogen) atoms. The summed E-state index contributed by atoms with van der Waals surface area (Å²) in [6.07, 6.45) is 0.733. The van der Waals surface area contributed by atoms with Gasteiger partial charge in [-0.25, -0.2) is 8.42 Å². The standard InChI is InChI=1S/C21H25Cl3N2O4S/c1-15(2)30-11-3-10-25-21(27)14-26(13-16-4-5-18(23)12-20(16)24)31(28,29)19-8-6-17(22)7-9-19/h4-9,12,15H,3,10-11,13-14H2,1-2H3,(H,25,27). The van der Waals surface area contributed by atoms with Crippen molar-refractivity contribution in [3.05, 3.63) is 63.1 Å². The van der Waals surface area contributed by atoms with Crippen LogP contribution in [-0.2, 0) is 26.1 Å². The average molecular weight is 508 g/mol. The number of nitrogens with one attached hydrogen (secondary N) is 1. The van der Waals surface area contributed by atoms with Crippen molar-refractivity contribution >= 4 is 50.7 Å². The van der Waals surface area contributed by atoms with Crippen molar-refractivity contribution in [1.29, 1.82) is 0 Å². The van der Waals surface area contributed by atoms with Gasteiger partial charge >= 0.3 is 0 Å². The van der Waals surface area contributed by atoms with E-state index in [0.29, 0.717) is 40.2 Å². The van der Waals surface area contributed by atoms with Gasteiger partial charge < -0.3 is 10.1 Å². The highest BCUT2D eigenvalue weighted by Gasteiger charge is 2.27. The predicted octanol–water partition coefficient (Wildman–Crippen LogP) is 4.77. The van der Waals surface area contributed by atoms with Gasteiger partial charge in [0.1, 0.15) is 0 Å². The summed E-state index contributed by atoms with van der Waals surface area (Å²) in [6, 6.07) is 10.5. The van der Waals surface area contributed by atoms with E-state index in [2.05, 4.69) is 5.32 Å². The van der Waals surface area contributed by atoms with Gasteiger partial charge in [-0.3, -0.25) is 4.79 Å². The van der Waals surface area contributed by atoms with Crippen LogP contribution in [0.15, 0.2) is 47.4 Å². The Hall–Kier alpha value is -1.35. The molecule has 0 bridgehead atoms. The van der Waals surface area contributed by atoms with E-state index in [9.17, 15) is 13.2 Å². The first kappa shape index (κ1) is 25.9. The minimum atomic E-state index is -3.99. The number of nitrogens with zero attached hydrogens (tertiary/aromatic N) is 1. The zero-order valence-electron chi connectivity index (χ0n) is 17.3. The molecule has 0 unspecified atom stereocenters. The Morgan fingerprint density at radius 1 is 1.06 bits per heavy atom. The highest BCUT2D eigenvalue weighted by molar-refractivity contribution is 7.89. The lowest BCUT2D eigenvalue weighted by atomic mass is 10.2. The SMILES string of the molecule is CC(C)OCCCNC(=O)CN(Cc1ccc(Cl)cc1Cl)S(=O)(=O)c1ccc(Cl)cc1. The molecule has 1 N–H and O–H groups in total. The highest BCUT2D eigenvalue weighted by atomic mass is 35.5. The normalized spacial score (nSPS) is 11.8. The van der Waals surface area contributed by atoms with Crippen molar-refractivity contribution in [2.45, 2.75) is 37.8 Å². The molecule has 0 aromatic heterocycles. The fourth-order valence-corrected chi connectivity index (χ4v) is 4.63. The van der Waals surface area contributed by atoms with Crippen LogP contribution in [0.25, 0.3) is 0 Å². The second-order valence-electron chi connectivity index (χ2n) is 7.09. The zero-order chi connectivity index (χ0) is 23.0. The van der Waals surface area contributed by atoms with Crippen LogP contribution < -0.4 is 5.32 Å². The molecule has 0 atom stereocenters. The maximum Gasteiger partial charge on any atom is 0.243 e. The first-order valence-electron chi connectivity index (χ1n) is 9.67. The molecular formula is C21H25Cl3N2O4S. The summed E-state index contributed by atoms with van der Waals surface area (Å²) in [5.74, 6) is -0.424. The van der Waals surface area contributed by atoms with E-state index in [4.69, 9.17) is 39.5 Å². The van der Waals surface area contributed by atoms with Gasteiger partial charge in [-0.15, -0.1) is 0 Å². The molecule has 2 aromatic carbocycles. The smallest absolute Gasteiger partial charge is 0.243 e. The van der Waals surface area contributed by atoms with Gasteiger partial charge in [-0.05, 0) is 62.2 Å². The summed E-state index contributed by atoms with van der Waals surface area (Å²) in [7, 11) is -3.99. The average Bonchev–Trinajstić information content (AvgIpc) is 2.69. The van der Waals surface area contributed by atoms with E-state index in [-0.39, 0.29) is 24.1 Å². The van der Waals surface area contributed by atoms with Gasteiger partial charge in [0.2, 0.25) is 15.9 Å². The largest absolute Gasteiger partial charge is 0.379 e. The quantitative estimate of drug-likeness (QED) is 0.445. The molecule has 2 aromatic rings. The molecule has 0 radical (unpaired) electrons. The van der Waals surface area contributed by atoms with Crippen molar-refractivity contribution in [1.82, 2.24) is 9.62 Å². The van der Waals surface area contributed by atoms with Crippen molar-refractivity contribution in [3.63, 3.8) is 0 Å². The molecule has 1 amide bonds. The van der Waals surface area contributed by atoms with Gasteiger partial charge in [-0.1, -0.05) is 40.9 Å². The van der Waals surface area contributed by atoms with Gasteiger partial charge in [0, 0.05) is 34.8 Å². The third-order valence-electron chi connectivity index (χ3n) is 4.23. The molecule has 0 aliphatic heterocycles. The molecule has 0 fully saturated rings. The van der Waals surface area contributed by atoms with Crippen molar-refractivity contribution < 1.29 is 17.9 Å². The summed E-state index contributed by atoms with van der Waals surface area (Å²) < 4.78 is 33.0. The van der Waals surface area contributed by atoms with E-state index in [0.717, 1.165) is 4.31 Å². The third-order valence-corrected chi connectivity index (χ3v) is 6.87. The number of hydrogen-bond donors (Lipinski definition) is 1. The first-order chi connectivity index (χ1) is 14.6. The maximum atomic E-state index is 13.2. The molecule has 0 aliphatic rings. The van der Waals surface area contributed by atoms with Crippen LogP contribution in [0.1, 0.15) is 25.8 Å². The van der Waals surface area contributed by atoms with E-state index in [1.165, 1.54) is 30.3 Å². The third kappa shape index (κ3) is 8.25. The lowest BCUT2D eigenvalue weighted by Gasteiger charge is -2.22. The second kappa shape index (κ2) is 12.0. The first-order valence-corrected chi connectivity index (χ1v) is 12.2. The number of carbonyl (C=O) groups is 1. The van der Waals surface area contributed by atoms with Crippen LogP contribution in [0.5, 0.6) is 0 Å². The van der Waals surface area contributed by atoms with Crippen LogP contribution in [0.4, 0.5) is 0 Å².